The van der Waals surface area contributed by atoms with Crippen LogP contribution in [-0.2, 0) is 9.53 Å². The fourth-order valence-corrected chi connectivity index (χ4v) is 3.43. The van der Waals surface area contributed by atoms with Gasteiger partial charge in [0.05, 0.1) is 19.3 Å². The monoisotopic (exact) mass is 378 g/mol. The van der Waals surface area contributed by atoms with Gasteiger partial charge in [0.2, 0.25) is 11.9 Å². The molecule has 2 aliphatic rings. The van der Waals surface area contributed by atoms with Crippen molar-refractivity contribution in [3.8, 4) is 6.07 Å². The summed E-state index contributed by atoms with van der Waals surface area (Å²) in [5.41, 5.74) is 1.04. The van der Waals surface area contributed by atoms with Crippen molar-refractivity contribution in [3.05, 3.63) is 36.5 Å². The van der Waals surface area contributed by atoms with E-state index in [0.29, 0.717) is 24.7 Å². The number of benzene rings is 1. The Morgan fingerprint density at radius 1 is 1.18 bits per heavy atom. The number of nitriles is 1. The fraction of sp³-hybridized carbons (Fsp3) is 0.400. The Labute approximate surface area is 163 Å². The minimum atomic E-state index is -0.978. The molecule has 8 nitrogen and oxygen atoms in total. The Bertz CT molecular complexity index is 904. The zero-order valence-electron chi connectivity index (χ0n) is 15.8. The number of anilines is 4. The number of morpholine rings is 1. The van der Waals surface area contributed by atoms with Crippen LogP contribution in [0.2, 0.25) is 0 Å². The molecule has 0 aliphatic carbocycles. The summed E-state index contributed by atoms with van der Waals surface area (Å²) >= 11 is 0. The molecule has 0 unspecified atom stereocenters. The quantitative estimate of drug-likeness (QED) is 0.872. The molecule has 2 aromatic rings. The maximum atomic E-state index is 12.5. The van der Waals surface area contributed by atoms with Crippen LogP contribution in [0.15, 0.2) is 36.5 Å². The summed E-state index contributed by atoms with van der Waals surface area (Å²) in [7, 11) is 0. The predicted molar refractivity (Wildman–Crippen MR) is 105 cm³/mol. The molecular weight excluding hydrogens is 356 g/mol. The van der Waals surface area contributed by atoms with E-state index >= 15 is 0 Å². The van der Waals surface area contributed by atoms with Crippen LogP contribution in [0, 0.1) is 16.7 Å². The van der Waals surface area contributed by atoms with Crippen molar-refractivity contribution >= 4 is 29.0 Å². The minimum Gasteiger partial charge on any atom is -0.378 e. The zero-order chi connectivity index (χ0) is 19.6. The first kappa shape index (κ1) is 18.2. The average molecular weight is 378 g/mol. The van der Waals surface area contributed by atoms with E-state index in [0.717, 1.165) is 37.7 Å². The normalized spacial score (nSPS) is 22.2. The Kier molecular flexibility index (Phi) is 4.84. The first-order valence-corrected chi connectivity index (χ1v) is 9.35. The molecule has 1 atom stereocenters. The van der Waals surface area contributed by atoms with E-state index in [1.54, 1.807) is 24.1 Å². The third-order valence-corrected chi connectivity index (χ3v) is 5.22. The van der Waals surface area contributed by atoms with Crippen LogP contribution < -0.4 is 15.1 Å². The molecule has 0 spiro atoms. The lowest BCUT2D eigenvalue weighted by Crippen LogP contribution is -2.36. The van der Waals surface area contributed by atoms with Gasteiger partial charge in [0.15, 0.2) is 0 Å². The third-order valence-electron chi connectivity index (χ3n) is 5.22. The zero-order valence-corrected chi connectivity index (χ0v) is 15.8. The first-order valence-electron chi connectivity index (χ1n) is 9.35. The van der Waals surface area contributed by atoms with Gasteiger partial charge in [-0.05, 0) is 43.7 Å². The lowest BCUT2D eigenvalue weighted by Gasteiger charge is -2.28. The molecule has 28 heavy (non-hydrogen) atoms. The molecule has 1 N–H and O–H groups in total. The summed E-state index contributed by atoms with van der Waals surface area (Å²) < 4.78 is 5.39. The van der Waals surface area contributed by atoms with Gasteiger partial charge in [-0.1, -0.05) is 0 Å². The second-order valence-electron chi connectivity index (χ2n) is 7.16. The summed E-state index contributed by atoms with van der Waals surface area (Å²) in [4.78, 5) is 25.1. The largest absolute Gasteiger partial charge is 0.378 e. The van der Waals surface area contributed by atoms with Crippen LogP contribution in [0.1, 0.15) is 13.3 Å². The Balaban J connectivity index is 1.47. The number of rotatable bonds is 4. The van der Waals surface area contributed by atoms with E-state index in [1.165, 1.54) is 0 Å². The first-order chi connectivity index (χ1) is 13.6. The third kappa shape index (κ3) is 3.49. The maximum absolute atomic E-state index is 12.5. The molecule has 0 radical (unpaired) electrons. The van der Waals surface area contributed by atoms with Crippen LogP contribution in [-0.4, -0.2) is 48.7 Å². The van der Waals surface area contributed by atoms with Gasteiger partial charge in [-0.25, -0.2) is 4.98 Å². The van der Waals surface area contributed by atoms with Crippen LogP contribution in [0.4, 0.5) is 23.1 Å². The van der Waals surface area contributed by atoms with Crippen molar-refractivity contribution in [3.63, 3.8) is 0 Å². The average Bonchev–Trinajstić information content (AvgIpc) is 3.05. The molecule has 0 bridgehead atoms. The molecule has 2 aliphatic heterocycles. The van der Waals surface area contributed by atoms with Crippen molar-refractivity contribution in [1.29, 1.82) is 5.26 Å². The second kappa shape index (κ2) is 7.44. The lowest BCUT2D eigenvalue weighted by molar-refractivity contribution is -0.122. The molecule has 1 amide bonds. The van der Waals surface area contributed by atoms with Crippen molar-refractivity contribution in [2.75, 3.05) is 48.0 Å². The molecule has 1 aromatic carbocycles. The van der Waals surface area contributed by atoms with Gasteiger partial charge >= 0.3 is 0 Å². The molecule has 8 heteroatoms. The second-order valence-corrected chi connectivity index (χ2v) is 7.16. The van der Waals surface area contributed by atoms with E-state index in [4.69, 9.17) is 4.74 Å². The van der Waals surface area contributed by atoms with E-state index in [-0.39, 0.29) is 5.91 Å². The number of nitrogens with one attached hydrogen (secondary N) is 1. The summed E-state index contributed by atoms with van der Waals surface area (Å²) in [6.45, 7) is 5.44. The van der Waals surface area contributed by atoms with Gasteiger partial charge in [-0.2, -0.15) is 10.2 Å². The van der Waals surface area contributed by atoms with E-state index in [2.05, 4.69) is 38.4 Å². The van der Waals surface area contributed by atoms with E-state index < -0.39 is 5.41 Å². The summed E-state index contributed by atoms with van der Waals surface area (Å²) in [5.74, 6) is 0.705. The van der Waals surface area contributed by atoms with Crippen LogP contribution in [0.5, 0.6) is 0 Å². The highest BCUT2D eigenvalue weighted by atomic mass is 16.5. The van der Waals surface area contributed by atoms with Gasteiger partial charge in [-0.3, -0.25) is 9.69 Å². The SMILES string of the molecule is C[C@@]1(C#N)CCN(c2ccnc(Nc3ccc(N4CCOCC4)cc3)n2)C1=O. The molecule has 2 fully saturated rings. The summed E-state index contributed by atoms with van der Waals surface area (Å²) in [6.07, 6.45) is 2.11. The molecule has 0 saturated carbocycles. The molecule has 2 saturated heterocycles. The standard InChI is InChI=1S/C20H22N6O2/c1-20(14-21)7-9-26(18(20)27)17-6-8-22-19(24-17)23-15-2-4-16(5-3-15)25-10-12-28-13-11-25/h2-6,8H,7,9-13H2,1H3,(H,22,23,24)/t20-/m0/s1. The predicted octanol–water partition coefficient (Wildman–Crippen LogP) is 2.32. The minimum absolute atomic E-state index is 0.213. The number of carbonyl (C=O) groups excluding carboxylic acids is 1. The van der Waals surface area contributed by atoms with Crippen molar-refractivity contribution in [1.82, 2.24) is 9.97 Å². The van der Waals surface area contributed by atoms with Gasteiger partial charge in [0.25, 0.3) is 0 Å². The highest BCUT2D eigenvalue weighted by Crippen LogP contribution is 2.33. The molecule has 144 valence electrons. The lowest BCUT2D eigenvalue weighted by atomic mass is 9.91. The van der Waals surface area contributed by atoms with Crippen molar-refractivity contribution in [2.45, 2.75) is 13.3 Å². The number of aromatic nitrogens is 2. The molecule has 3 heterocycles. The van der Waals surface area contributed by atoms with Gasteiger partial charge in [-0.15, -0.1) is 0 Å². The van der Waals surface area contributed by atoms with Crippen molar-refractivity contribution < 1.29 is 9.53 Å². The summed E-state index contributed by atoms with van der Waals surface area (Å²) in [5, 5.41) is 12.5. The maximum Gasteiger partial charge on any atom is 0.248 e. The molecule has 4 rings (SSSR count). The fourth-order valence-electron chi connectivity index (χ4n) is 3.43. The number of hydrogen-bond donors (Lipinski definition) is 1. The number of carbonyl (C=O) groups is 1. The van der Waals surface area contributed by atoms with Crippen LogP contribution >= 0.6 is 0 Å². The van der Waals surface area contributed by atoms with Gasteiger partial charge in [0, 0.05) is 37.2 Å². The Morgan fingerprint density at radius 2 is 1.93 bits per heavy atom. The van der Waals surface area contributed by atoms with Gasteiger partial charge < -0.3 is 15.0 Å². The smallest absolute Gasteiger partial charge is 0.248 e. The van der Waals surface area contributed by atoms with Gasteiger partial charge in [0.1, 0.15) is 11.2 Å². The molecule has 1 aromatic heterocycles. The number of hydrogen-bond acceptors (Lipinski definition) is 7. The van der Waals surface area contributed by atoms with E-state index in [9.17, 15) is 10.1 Å². The number of nitrogens with zero attached hydrogens (tertiary/aromatic N) is 5. The molecular formula is C20H22N6O2. The Morgan fingerprint density at radius 3 is 2.61 bits per heavy atom. The van der Waals surface area contributed by atoms with Crippen LogP contribution in [0.25, 0.3) is 0 Å². The summed E-state index contributed by atoms with van der Waals surface area (Å²) in [6, 6.07) is 11.9. The highest BCUT2D eigenvalue weighted by molar-refractivity contribution is 6.00. The van der Waals surface area contributed by atoms with Crippen molar-refractivity contribution in [2.24, 2.45) is 5.41 Å². The van der Waals surface area contributed by atoms with Crippen LogP contribution in [0.3, 0.4) is 0 Å². The Hall–Kier alpha value is -3.18. The number of ether oxygens (including phenoxy) is 1. The highest BCUT2D eigenvalue weighted by Gasteiger charge is 2.44. The van der Waals surface area contributed by atoms with E-state index in [1.807, 2.05) is 12.1 Å². The topological polar surface area (TPSA) is 94.4 Å². The number of amides is 1.